The van der Waals surface area contributed by atoms with Gasteiger partial charge in [0.2, 0.25) is 0 Å². The molecular formula is C11H16N4O2. The number of hydrogen-bond acceptors (Lipinski definition) is 5. The van der Waals surface area contributed by atoms with Crippen LogP contribution in [0.25, 0.3) is 0 Å². The summed E-state index contributed by atoms with van der Waals surface area (Å²) in [5.41, 5.74) is 0. The Balaban J connectivity index is 1.84. The van der Waals surface area contributed by atoms with Gasteiger partial charge in [0.1, 0.15) is 18.0 Å². The Hall–Kier alpha value is -1.85. The summed E-state index contributed by atoms with van der Waals surface area (Å²) in [5.74, 6) is 0.630. The SMILES string of the molecule is O=C(O)CCNc1cc(NC2CCC2)ncn1. The number of carboxylic acid groups (broad SMARTS) is 1. The molecule has 1 aliphatic carbocycles. The first-order chi connectivity index (χ1) is 8.24. The van der Waals surface area contributed by atoms with E-state index < -0.39 is 5.97 Å². The highest BCUT2D eigenvalue weighted by molar-refractivity contribution is 5.67. The summed E-state index contributed by atoms with van der Waals surface area (Å²) in [6.07, 6.45) is 5.20. The highest BCUT2D eigenvalue weighted by atomic mass is 16.4. The van der Waals surface area contributed by atoms with Crippen LogP contribution in [0.15, 0.2) is 12.4 Å². The molecule has 0 bridgehead atoms. The summed E-state index contributed by atoms with van der Waals surface area (Å²) in [5, 5.41) is 14.8. The van der Waals surface area contributed by atoms with E-state index in [4.69, 9.17) is 5.11 Å². The van der Waals surface area contributed by atoms with E-state index in [1.807, 2.05) is 0 Å². The van der Waals surface area contributed by atoms with Crippen molar-refractivity contribution in [2.24, 2.45) is 0 Å². The smallest absolute Gasteiger partial charge is 0.305 e. The Bertz CT molecular complexity index is 393. The van der Waals surface area contributed by atoms with E-state index in [0.29, 0.717) is 18.4 Å². The predicted molar refractivity (Wildman–Crippen MR) is 64.0 cm³/mol. The van der Waals surface area contributed by atoms with Crippen LogP contribution in [0.4, 0.5) is 11.6 Å². The van der Waals surface area contributed by atoms with Crippen molar-refractivity contribution in [3.8, 4) is 0 Å². The van der Waals surface area contributed by atoms with Gasteiger partial charge in [-0.3, -0.25) is 4.79 Å². The monoisotopic (exact) mass is 236 g/mol. The normalized spacial score (nSPS) is 15.1. The second-order valence-corrected chi connectivity index (χ2v) is 4.13. The number of hydrogen-bond donors (Lipinski definition) is 3. The molecule has 17 heavy (non-hydrogen) atoms. The molecule has 0 aliphatic heterocycles. The molecule has 1 aromatic heterocycles. The van der Waals surface area contributed by atoms with Crippen LogP contribution in [0, 0.1) is 0 Å². The zero-order valence-corrected chi connectivity index (χ0v) is 9.52. The van der Waals surface area contributed by atoms with Crippen molar-refractivity contribution in [1.29, 1.82) is 0 Å². The van der Waals surface area contributed by atoms with Crippen molar-refractivity contribution in [1.82, 2.24) is 9.97 Å². The first kappa shape index (κ1) is 11.6. The molecule has 0 aromatic carbocycles. The molecule has 92 valence electrons. The van der Waals surface area contributed by atoms with Gasteiger partial charge in [0.25, 0.3) is 0 Å². The Labute approximate surface area is 99.5 Å². The minimum absolute atomic E-state index is 0.0788. The maximum Gasteiger partial charge on any atom is 0.305 e. The summed E-state index contributed by atoms with van der Waals surface area (Å²) in [7, 11) is 0. The maximum atomic E-state index is 10.4. The number of nitrogens with one attached hydrogen (secondary N) is 2. The molecule has 0 atom stereocenters. The third-order valence-corrected chi connectivity index (χ3v) is 2.77. The molecule has 0 spiro atoms. The molecule has 0 saturated heterocycles. The first-order valence-corrected chi connectivity index (χ1v) is 5.78. The van der Waals surface area contributed by atoms with Crippen LogP contribution in [-0.4, -0.2) is 33.6 Å². The van der Waals surface area contributed by atoms with E-state index in [2.05, 4.69) is 20.6 Å². The van der Waals surface area contributed by atoms with Crippen molar-refractivity contribution in [3.05, 3.63) is 12.4 Å². The molecule has 1 heterocycles. The lowest BCUT2D eigenvalue weighted by Crippen LogP contribution is -2.27. The van der Waals surface area contributed by atoms with Crippen LogP contribution in [0.2, 0.25) is 0 Å². The van der Waals surface area contributed by atoms with Crippen LogP contribution < -0.4 is 10.6 Å². The first-order valence-electron chi connectivity index (χ1n) is 5.78. The molecule has 1 aliphatic rings. The minimum atomic E-state index is -0.820. The second kappa shape index (κ2) is 5.47. The van der Waals surface area contributed by atoms with Crippen LogP contribution >= 0.6 is 0 Å². The number of anilines is 2. The van der Waals surface area contributed by atoms with Crippen molar-refractivity contribution in [3.63, 3.8) is 0 Å². The summed E-state index contributed by atoms with van der Waals surface area (Å²) in [4.78, 5) is 18.5. The molecule has 6 heteroatoms. The Morgan fingerprint density at radius 3 is 2.82 bits per heavy atom. The summed E-state index contributed by atoms with van der Waals surface area (Å²) < 4.78 is 0. The zero-order valence-electron chi connectivity index (χ0n) is 9.52. The fourth-order valence-corrected chi connectivity index (χ4v) is 1.59. The quantitative estimate of drug-likeness (QED) is 0.690. The maximum absolute atomic E-state index is 10.4. The van der Waals surface area contributed by atoms with Gasteiger partial charge in [-0.25, -0.2) is 9.97 Å². The second-order valence-electron chi connectivity index (χ2n) is 4.13. The highest BCUT2D eigenvalue weighted by Gasteiger charge is 2.17. The standard InChI is InChI=1S/C11H16N4O2/c16-11(17)4-5-12-9-6-10(14-7-13-9)15-8-2-1-3-8/h6-8H,1-5H2,(H,16,17)(H2,12,13,14,15). The topological polar surface area (TPSA) is 87.1 Å². The zero-order chi connectivity index (χ0) is 12.1. The predicted octanol–water partition coefficient (Wildman–Crippen LogP) is 1.33. The molecule has 6 nitrogen and oxygen atoms in total. The van der Waals surface area contributed by atoms with Crippen molar-refractivity contribution in [2.45, 2.75) is 31.7 Å². The van der Waals surface area contributed by atoms with Gasteiger partial charge in [0.05, 0.1) is 6.42 Å². The third-order valence-electron chi connectivity index (χ3n) is 2.77. The molecule has 0 radical (unpaired) electrons. The van der Waals surface area contributed by atoms with E-state index >= 15 is 0 Å². The van der Waals surface area contributed by atoms with E-state index in [1.54, 1.807) is 6.07 Å². The Kier molecular flexibility index (Phi) is 3.74. The van der Waals surface area contributed by atoms with Crippen molar-refractivity contribution < 1.29 is 9.90 Å². The average Bonchev–Trinajstić information content (AvgIpc) is 2.24. The van der Waals surface area contributed by atoms with Gasteiger partial charge < -0.3 is 15.7 Å². The Morgan fingerprint density at radius 2 is 2.18 bits per heavy atom. The van der Waals surface area contributed by atoms with Crippen molar-refractivity contribution in [2.75, 3.05) is 17.2 Å². The van der Waals surface area contributed by atoms with Crippen molar-refractivity contribution >= 4 is 17.6 Å². The van der Waals surface area contributed by atoms with Gasteiger partial charge in [-0.1, -0.05) is 0 Å². The van der Waals surface area contributed by atoms with Crippen LogP contribution in [0.5, 0.6) is 0 Å². The van der Waals surface area contributed by atoms with Crippen LogP contribution in [0.1, 0.15) is 25.7 Å². The minimum Gasteiger partial charge on any atom is -0.481 e. The average molecular weight is 236 g/mol. The number of carboxylic acids is 1. The van der Waals surface area contributed by atoms with E-state index in [1.165, 1.54) is 25.6 Å². The largest absolute Gasteiger partial charge is 0.481 e. The summed E-state index contributed by atoms with van der Waals surface area (Å²) in [6, 6.07) is 2.33. The number of aliphatic carboxylic acids is 1. The molecule has 1 fully saturated rings. The molecule has 0 amide bonds. The third kappa shape index (κ3) is 3.58. The fourth-order valence-electron chi connectivity index (χ4n) is 1.59. The lowest BCUT2D eigenvalue weighted by Gasteiger charge is -2.26. The lowest BCUT2D eigenvalue weighted by molar-refractivity contribution is -0.136. The number of rotatable bonds is 6. The van der Waals surface area contributed by atoms with Gasteiger partial charge >= 0.3 is 5.97 Å². The summed E-state index contributed by atoms with van der Waals surface area (Å²) >= 11 is 0. The number of nitrogens with zero attached hydrogens (tertiary/aromatic N) is 2. The molecule has 3 N–H and O–H groups in total. The molecule has 1 saturated carbocycles. The number of carbonyl (C=O) groups is 1. The van der Waals surface area contributed by atoms with Crippen LogP contribution in [-0.2, 0) is 4.79 Å². The molecule has 0 unspecified atom stereocenters. The van der Waals surface area contributed by atoms with E-state index in [-0.39, 0.29) is 6.42 Å². The summed E-state index contributed by atoms with van der Waals surface area (Å²) in [6.45, 7) is 0.370. The van der Waals surface area contributed by atoms with Gasteiger partial charge in [-0.05, 0) is 19.3 Å². The van der Waals surface area contributed by atoms with E-state index in [0.717, 1.165) is 5.82 Å². The molecule has 2 rings (SSSR count). The van der Waals surface area contributed by atoms with Gasteiger partial charge in [0, 0.05) is 18.7 Å². The van der Waals surface area contributed by atoms with E-state index in [9.17, 15) is 4.79 Å². The fraction of sp³-hybridized carbons (Fsp3) is 0.545. The molecule has 1 aromatic rings. The highest BCUT2D eigenvalue weighted by Crippen LogP contribution is 2.22. The number of aromatic nitrogens is 2. The lowest BCUT2D eigenvalue weighted by atomic mass is 9.93. The van der Waals surface area contributed by atoms with Gasteiger partial charge in [-0.2, -0.15) is 0 Å². The molecular weight excluding hydrogens is 220 g/mol. The van der Waals surface area contributed by atoms with Crippen LogP contribution in [0.3, 0.4) is 0 Å². The van der Waals surface area contributed by atoms with Gasteiger partial charge in [0.15, 0.2) is 0 Å². The Morgan fingerprint density at radius 1 is 1.41 bits per heavy atom. The van der Waals surface area contributed by atoms with Gasteiger partial charge in [-0.15, -0.1) is 0 Å².